The van der Waals surface area contributed by atoms with Crippen LogP contribution in [0, 0.1) is 0 Å². The van der Waals surface area contributed by atoms with Gasteiger partial charge in [-0.15, -0.1) is 0 Å². The number of nitrogens with one attached hydrogen (secondary N) is 1. The third-order valence-electron chi connectivity index (χ3n) is 2.64. The van der Waals surface area contributed by atoms with Crippen molar-refractivity contribution in [1.82, 2.24) is 4.98 Å². The summed E-state index contributed by atoms with van der Waals surface area (Å²) in [6, 6.07) is 9.81. The van der Waals surface area contributed by atoms with E-state index in [4.69, 9.17) is 5.73 Å². The number of esters is 1. The molecule has 3 N–H and O–H groups in total. The van der Waals surface area contributed by atoms with Gasteiger partial charge in [-0.2, -0.15) is 0 Å². The number of amides is 1. The predicted molar refractivity (Wildman–Crippen MR) is 73.8 cm³/mol. The first-order valence-corrected chi connectivity index (χ1v) is 5.82. The summed E-state index contributed by atoms with van der Waals surface area (Å²) in [6.07, 6.45) is 1.55. The molecule has 1 aromatic carbocycles. The van der Waals surface area contributed by atoms with E-state index in [1.165, 1.54) is 7.11 Å². The Hall–Kier alpha value is -2.89. The maximum absolute atomic E-state index is 11.3. The number of nitrogens with zero attached hydrogens (tertiary/aromatic N) is 1. The fourth-order valence-corrected chi connectivity index (χ4v) is 1.65. The van der Waals surface area contributed by atoms with Crippen LogP contribution in [0.4, 0.5) is 11.5 Å². The fraction of sp³-hybridized carbons (Fsp3) is 0.0714. The van der Waals surface area contributed by atoms with E-state index in [0.29, 0.717) is 22.6 Å². The molecule has 1 aromatic heterocycles. The Labute approximate surface area is 115 Å². The van der Waals surface area contributed by atoms with Crippen LogP contribution in [0.1, 0.15) is 20.7 Å². The number of pyridine rings is 1. The molecule has 0 fully saturated rings. The zero-order valence-corrected chi connectivity index (χ0v) is 10.8. The van der Waals surface area contributed by atoms with Crippen LogP contribution < -0.4 is 11.1 Å². The van der Waals surface area contributed by atoms with Gasteiger partial charge in [-0.1, -0.05) is 0 Å². The summed E-state index contributed by atoms with van der Waals surface area (Å²) in [6.45, 7) is 0. The van der Waals surface area contributed by atoms with E-state index in [0.717, 1.165) is 0 Å². The second kappa shape index (κ2) is 5.83. The third kappa shape index (κ3) is 2.92. The highest BCUT2D eigenvalue weighted by Gasteiger charge is 2.09. The van der Waals surface area contributed by atoms with Gasteiger partial charge in [0.2, 0.25) is 0 Å². The highest BCUT2D eigenvalue weighted by molar-refractivity contribution is 5.98. The van der Waals surface area contributed by atoms with Crippen LogP contribution in [0.3, 0.4) is 0 Å². The number of ether oxygens (including phenoxy) is 1. The molecule has 2 aromatic rings. The normalized spacial score (nSPS) is 9.85. The molecular formula is C14H13N3O3. The number of anilines is 2. The second-order valence-electron chi connectivity index (χ2n) is 3.96. The molecular weight excluding hydrogens is 258 g/mol. The van der Waals surface area contributed by atoms with Crippen molar-refractivity contribution >= 4 is 23.4 Å². The van der Waals surface area contributed by atoms with Crippen molar-refractivity contribution in [3.63, 3.8) is 0 Å². The summed E-state index contributed by atoms with van der Waals surface area (Å²) in [4.78, 5) is 26.7. The lowest BCUT2D eigenvalue weighted by Crippen LogP contribution is -2.14. The first-order valence-electron chi connectivity index (χ1n) is 5.82. The van der Waals surface area contributed by atoms with Crippen LogP contribution in [0.2, 0.25) is 0 Å². The number of primary amides is 1. The number of carbonyl (C=O) groups is 2. The molecule has 0 bridgehead atoms. The summed E-state index contributed by atoms with van der Waals surface area (Å²) in [5.41, 5.74) is 6.68. The van der Waals surface area contributed by atoms with Crippen LogP contribution in [-0.4, -0.2) is 24.0 Å². The van der Waals surface area contributed by atoms with Gasteiger partial charge in [0, 0.05) is 11.9 Å². The van der Waals surface area contributed by atoms with Crippen LogP contribution in [0.25, 0.3) is 0 Å². The molecule has 1 amide bonds. The molecule has 20 heavy (non-hydrogen) atoms. The Morgan fingerprint density at radius 1 is 1.20 bits per heavy atom. The van der Waals surface area contributed by atoms with E-state index in [9.17, 15) is 9.59 Å². The van der Waals surface area contributed by atoms with Gasteiger partial charge < -0.3 is 15.8 Å². The molecule has 0 saturated heterocycles. The molecule has 6 nitrogen and oxygen atoms in total. The SMILES string of the molecule is COC(=O)c1ccc(Nc2ncccc2C(N)=O)cc1. The van der Waals surface area contributed by atoms with E-state index >= 15 is 0 Å². The minimum atomic E-state index is -0.563. The molecule has 0 radical (unpaired) electrons. The van der Waals surface area contributed by atoms with Gasteiger partial charge in [-0.05, 0) is 36.4 Å². The van der Waals surface area contributed by atoms with Gasteiger partial charge >= 0.3 is 5.97 Å². The summed E-state index contributed by atoms with van der Waals surface area (Å²) < 4.78 is 4.61. The van der Waals surface area contributed by atoms with Crippen molar-refractivity contribution in [3.05, 3.63) is 53.7 Å². The Kier molecular flexibility index (Phi) is 3.95. The second-order valence-corrected chi connectivity index (χ2v) is 3.96. The number of methoxy groups -OCH3 is 1. The van der Waals surface area contributed by atoms with Gasteiger partial charge in [0.1, 0.15) is 5.82 Å². The zero-order chi connectivity index (χ0) is 14.5. The Bertz CT molecular complexity index is 638. The average molecular weight is 271 g/mol. The Morgan fingerprint density at radius 2 is 1.90 bits per heavy atom. The van der Waals surface area contributed by atoms with Crippen LogP contribution in [0.15, 0.2) is 42.6 Å². The van der Waals surface area contributed by atoms with Gasteiger partial charge in [-0.3, -0.25) is 4.79 Å². The van der Waals surface area contributed by atoms with E-state index in [2.05, 4.69) is 15.0 Å². The van der Waals surface area contributed by atoms with Crippen molar-refractivity contribution in [3.8, 4) is 0 Å². The third-order valence-corrected chi connectivity index (χ3v) is 2.64. The molecule has 102 valence electrons. The lowest BCUT2D eigenvalue weighted by atomic mass is 10.2. The van der Waals surface area contributed by atoms with Crippen LogP contribution >= 0.6 is 0 Å². The number of hydrogen-bond acceptors (Lipinski definition) is 5. The molecule has 1 heterocycles. The standard InChI is InChI=1S/C14H13N3O3/c1-20-14(19)9-4-6-10(7-5-9)17-13-11(12(15)18)3-2-8-16-13/h2-8H,1H3,(H2,15,18)(H,16,17). The number of rotatable bonds is 4. The molecule has 0 unspecified atom stereocenters. The van der Waals surface area contributed by atoms with E-state index in [-0.39, 0.29) is 0 Å². The van der Waals surface area contributed by atoms with E-state index in [1.807, 2.05) is 0 Å². The van der Waals surface area contributed by atoms with Crippen LogP contribution in [0.5, 0.6) is 0 Å². The van der Waals surface area contributed by atoms with Crippen LogP contribution in [-0.2, 0) is 4.74 Å². The Morgan fingerprint density at radius 3 is 2.50 bits per heavy atom. The number of carbonyl (C=O) groups excluding carboxylic acids is 2. The number of nitrogens with two attached hydrogens (primary N) is 1. The maximum atomic E-state index is 11.3. The van der Waals surface area contributed by atoms with Crippen molar-refractivity contribution in [2.45, 2.75) is 0 Å². The van der Waals surface area contributed by atoms with Gasteiger partial charge in [0.25, 0.3) is 5.91 Å². The number of hydrogen-bond donors (Lipinski definition) is 2. The topological polar surface area (TPSA) is 94.3 Å². The Balaban J connectivity index is 2.23. The average Bonchev–Trinajstić information content (AvgIpc) is 2.47. The monoisotopic (exact) mass is 271 g/mol. The lowest BCUT2D eigenvalue weighted by Gasteiger charge is -2.09. The van der Waals surface area contributed by atoms with Crippen molar-refractivity contribution < 1.29 is 14.3 Å². The highest BCUT2D eigenvalue weighted by atomic mass is 16.5. The van der Waals surface area contributed by atoms with Gasteiger partial charge in [0.15, 0.2) is 0 Å². The lowest BCUT2D eigenvalue weighted by molar-refractivity contribution is 0.0600. The van der Waals surface area contributed by atoms with Crippen molar-refractivity contribution in [1.29, 1.82) is 0 Å². The van der Waals surface area contributed by atoms with E-state index in [1.54, 1.807) is 42.6 Å². The zero-order valence-electron chi connectivity index (χ0n) is 10.8. The summed E-state index contributed by atoms with van der Waals surface area (Å²) in [5.74, 6) is -0.607. The quantitative estimate of drug-likeness (QED) is 0.825. The molecule has 6 heteroatoms. The smallest absolute Gasteiger partial charge is 0.337 e. The molecule has 0 aliphatic rings. The molecule has 0 spiro atoms. The van der Waals surface area contributed by atoms with Gasteiger partial charge in [0.05, 0.1) is 18.2 Å². The summed E-state index contributed by atoms with van der Waals surface area (Å²) >= 11 is 0. The summed E-state index contributed by atoms with van der Waals surface area (Å²) in [5, 5.41) is 2.97. The number of benzene rings is 1. The molecule has 0 atom stereocenters. The summed E-state index contributed by atoms with van der Waals surface area (Å²) in [7, 11) is 1.32. The molecule has 0 aliphatic carbocycles. The first-order chi connectivity index (χ1) is 9.61. The molecule has 0 aliphatic heterocycles. The molecule has 2 rings (SSSR count). The number of aromatic nitrogens is 1. The highest BCUT2D eigenvalue weighted by Crippen LogP contribution is 2.18. The largest absolute Gasteiger partial charge is 0.465 e. The minimum Gasteiger partial charge on any atom is -0.465 e. The van der Waals surface area contributed by atoms with Crippen molar-refractivity contribution in [2.75, 3.05) is 12.4 Å². The molecule has 0 saturated carbocycles. The maximum Gasteiger partial charge on any atom is 0.337 e. The van der Waals surface area contributed by atoms with E-state index < -0.39 is 11.9 Å². The predicted octanol–water partition coefficient (Wildman–Crippen LogP) is 1.71. The minimum absolute atomic E-state index is 0.296. The first kappa shape index (κ1) is 13.5. The van der Waals surface area contributed by atoms with Gasteiger partial charge in [-0.25, -0.2) is 9.78 Å². The van der Waals surface area contributed by atoms with Crippen molar-refractivity contribution in [2.24, 2.45) is 5.73 Å². The fourth-order valence-electron chi connectivity index (χ4n) is 1.65.